The van der Waals surface area contributed by atoms with E-state index in [1.165, 1.54) is 0 Å². The average Bonchev–Trinajstić information content (AvgIpc) is 2.68. The zero-order chi connectivity index (χ0) is 21.7. The van der Waals surface area contributed by atoms with Gasteiger partial charge in [-0.1, -0.05) is 12.1 Å². The Bertz CT molecular complexity index is 828. The largest absolute Gasteiger partial charge is 0.357 e. The number of amides is 1. The third-order valence-electron chi connectivity index (χ3n) is 5.34. The van der Waals surface area contributed by atoms with Crippen molar-refractivity contribution >= 4 is 21.7 Å². The minimum atomic E-state index is -3.09. The van der Waals surface area contributed by atoms with E-state index in [4.69, 9.17) is 4.99 Å². The molecule has 1 N–H and O–H groups in total. The van der Waals surface area contributed by atoms with Gasteiger partial charge in [0.15, 0.2) is 15.8 Å². The van der Waals surface area contributed by atoms with Gasteiger partial charge in [-0.3, -0.25) is 4.79 Å². The molecule has 29 heavy (non-hydrogen) atoms. The Morgan fingerprint density at radius 2 is 1.79 bits per heavy atom. The normalized spacial score (nSPS) is 18.4. The molecule has 162 valence electrons. The van der Waals surface area contributed by atoms with E-state index in [2.05, 4.69) is 5.32 Å². The minimum Gasteiger partial charge on any atom is -0.357 e. The molecule has 1 fully saturated rings. The van der Waals surface area contributed by atoms with E-state index in [0.29, 0.717) is 44.8 Å². The van der Waals surface area contributed by atoms with Crippen LogP contribution in [0.25, 0.3) is 0 Å². The summed E-state index contributed by atoms with van der Waals surface area (Å²) in [4.78, 5) is 20.9. The van der Waals surface area contributed by atoms with E-state index in [9.17, 15) is 13.2 Å². The van der Waals surface area contributed by atoms with E-state index in [1.54, 1.807) is 18.7 Å². The second kappa shape index (κ2) is 9.61. The number of rotatable bonds is 6. The molecule has 0 spiro atoms. The molecule has 1 saturated heterocycles. The summed E-state index contributed by atoms with van der Waals surface area (Å²) in [7, 11) is -3.09. The van der Waals surface area contributed by atoms with Gasteiger partial charge in [0, 0.05) is 38.3 Å². The highest BCUT2D eigenvalue weighted by Crippen LogP contribution is 2.23. The summed E-state index contributed by atoms with van der Waals surface area (Å²) < 4.78 is 23.7. The minimum absolute atomic E-state index is 0.0372. The monoisotopic (exact) mass is 422 g/mol. The van der Waals surface area contributed by atoms with Gasteiger partial charge in [-0.15, -0.1) is 0 Å². The van der Waals surface area contributed by atoms with Crippen LogP contribution in [0, 0.1) is 0 Å². The Morgan fingerprint density at radius 3 is 2.31 bits per heavy atom. The van der Waals surface area contributed by atoms with Gasteiger partial charge in [0.05, 0.1) is 17.0 Å². The summed E-state index contributed by atoms with van der Waals surface area (Å²) in [5.74, 6) is 0.890. The number of nitrogens with zero attached hydrogens (tertiary/aromatic N) is 3. The number of hydrogen-bond acceptors (Lipinski definition) is 4. The maximum Gasteiger partial charge on any atom is 0.253 e. The van der Waals surface area contributed by atoms with Gasteiger partial charge >= 0.3 is 0 Å². The predicted molar refractivity (Wildman–Crippen MR) is 118 cm³/mol. The molecular formula is C21H34N4O3S. The van der Waals surface area contributed by atoms with Crippen LogP contribution in [0.5, 0.6) is 0 Å². The smallest absolute Gasteiger partial charge is 0.253 e. The zero-order valence-electron chi connectivity index (χ0n) is 18.2. The molecule has 0 aliphatic carbocycles. The van der Waals surface area contributed by atoms with Crippen LogP contribution in [0.1, 0.15) is 50.5 Å². The highest BCUT2D eigenvalue weighted by atomic mass is 32.2. The number of sulfone groups is 1. The van der Waals surface area contributed by atoms with Crippen LogP contribution in [-0.4, -0.2) is 73.3 Å². The van der Waals surface area contributed by atoms with Crippen molar-refractivity contribution in [3.05, 3.63) is 35.4 Å². The van der Waals surface area contributed by atoms with E-state index < -0.39 is 14.6 Å². The fourth-order valence-electron chi connectivity index (χ4n) is 3.36. The molecule has 0 radical (unpaired) electrons. The average molecular weight is 423 g/mol. The SMILES string of the molecule is CCNC(=NCc1ccc(C(=O)N(CC)CC)cc1)N1CCS(=O)(=O)C(C)(C)C1. The number of nitrogens with one attached hydrogen (secondary N) is 1. The maximum absolute atomic E-state index is 12.4. The fourth-order valence-corrected chi connectivity index (χ4v) is 4.73. The Morgan fingerprint density at radius 1 is 1.17 bits per heavy atom. The lowest BCUT2D eigenvalue weighted by Crippen LogP contribution is -2.57. The highest BCUT2D eigenvalue weighted by Gasteiger charge is 2.40. The first-order valence-corrected chi connectivity index (χ1v) is 11.9. The summed E-state index contributed by atoms with van der Waals surface area (Å²) >= 11 is 0. The molecule has 1 aromatic rings. The summed E-state index contributed by atoms with van der Waals surface area (Å²) in [5.41, 5.74) is 1.68. The van der Waals surface area contributed by atoms with Crippen LogP contribution in [0.4, 0.5) is 0 Å². The van der Waals surface area contributed by atoms with Crippen molar-refractivity contribution in [2.24, 2.45) is 4.99 Å². The molecule has 0 unspecified atom stereocenters. The standard InChI is InChI=1S/C21H34N4O3S/c1-6-22-20(25-13-14-29(27,28)21(4,5)16-25)23-15-17-9-11-18(12-10-17)19(26)24(7-2)8-3/h9-12H,6-8,13-16H2,1-5H3,(H,22,23). The van der Waals surface area contributed by atoms with Crippen LogP contribution >= 0.6 is 0 Å². The van der Waals surface area contributed by atoms with Crippen molar-refractivity contribution in [2.75, 3.05) is 38.5 Å². The number of carbonyl (C=O) groups is 1. The number of benzene rings is 1. The summed E-state index contributed by atoms with van der Waals surface area (Å²) in [6.07, 6.45) is 0. The van der Waals surface area contributed by atoms with E-state index in [0.717, 1.165) is 11.5 Å². The topological polar surface area (TPSA) is 82.1 Å². The van der Waals surface area contributed by atoms with Crippen LogP contribution in [0.15, 0.2) is 29.3 Å². The molecule has 0 saturated carbocycles. The lowest BCUT2D eigenvalue weighted by Gasteiger charge is -2.39. The number of hydrogen-bond donors (Lipinski definition) is 1. The Kier molecular flexibility index (Phi) is 7.68. The molecule has 1 amide bonds. The molecule has 7 nitrogen and oxygen atoms in total. The van der Waals surface area contributed by atoms with Gasteiger partial charge in [-0.25, -0.2) is 13.4 Å². The molecule has 0 bridgehead atoms. The van der Waals surface area contributed by atoms with E-state index >= 15 is 0 Å². The first-order chi connectivity index (χ1) is 13.6. The second-order valence-corrected chi connectivity index (χ2v) is 10.6. The molecule has 1 aliphatic rings. The molecule has 2 rings (SSSR count). The second-order valence-electron chi connectivity index (χ2n) is 7.84. The van der Waals surface area contributed by atoms with Crippen LogP contribution in [0.3, 0.4) is 0 Å². The molecular weight excluding hydrogens is 388 g/mol. The van der Waals surface area contributed by atoms with E-state index in [-0.39, 0.29) is 11.7 Å². The fraction of sp³-hybridized carbons (Fsp3) is 0.619. The van der Waals surface area contributed by atoms with Crippen molar-refractivity contribution < 1.29 is 13.2 Å². The third-order valence-corrected chi connectivity index (χ3v) is 7.87. The van der Waals surface area contributed by atoms with Gasteiger partial charge in [0.25, 0.3) is 5.91 Å². The van der Waals surface area contributed by atoms with Crippen LogP contribution < -0.4 is 5.32 Å². The van der Waals surface area contributed by atoms with E-state index in [1.807, 2.05) is 49.9 Å². The lowest BCUT2D eigenvalue weighted by molar-refractivity contribution is 0.0773. The number of guanidine groups is 1. The Balaban J connectivity index is 2.12. The van der Waals surface area contributed by atoms with Crippen molar-refractivity contribution in [1.29, 1.82) is 0 Å². The summed E-state index contributed by atoms with van der Waals surface area (Å²) in [6.45, 7) is 12.9. The van der Waals surface area contributed by atoms with Gasteiger partial charge < -0.3 is 15.1 Å². The van der Waals surface area contributed by atoms with Crippen molar-refractivity contribution in [2.45, 2.75) is 45.9 Å². The first kappa shape index (κ1) is 23.2. The van der Waals surface area contributed by atoms with Gasteiger partial charge in [-0.05, 0) is 52.3 Å². The van der Waals surface area contributed by atoms with Gasteiger partial charge in [0.2, 0.25) is 0 Å². The molecule has 1 aliphatic heterocycles. The molecule has 1 heterocycles. The molecule has 8 heteroatoms. The predicted octanol–water partition coefficient (Wildman–Crippen LogP) is 2.14. The first-order valence-electron chi connectivity index (χ1n) is 10.3. The van der Waals surface area contributed by atoms with Crippen LogP contribution in [0.2, 0.25) is 0 Å². The van der Waals surface area contributed by atoms with Crippen molar-refractivity contribution in [3.8, 4) is 0 Å². The lowest BCUT2D eigenvalue weighted by atomic mass is 10.1. The molecule has 1 aromatic carbocycles. The Labute approximate surface area is 175 Å². The van der Waals surface area contributed by atoms with Crippen molar-refractivity contribution in [3.63, 3.8) is 0 Å². The quantitative estimate of drug-likeness (QED) is 0.561. The van der Waals surface area contributed by atoms with Gasteiger partial charge in [-0.2, -0.15) is 0 Å². The van der Waals surface area contributed by atoms with Crippen LogP contribution in [-0.2, 0) is 16.4 Å². The molecule has 0 atom stereocenters. The Hall–Kier alpha value is -2.09. The third kappa shape index (κ3) is 5.50. The van der Waals surface area contributed by atoms with Gasteiger partial charge in [0.1, 0.15) is 0 Å². The number of aliphatic imine (C=N–C) groups is 1. The summed E-state index contributed by atoms with van der Waals surface area (Å²) in [6, 6.07) is 7.53. The van der Waals surface area contributed by atoms with Crippen molar-refractivity contribution in [1.82, 2.24) is 15.1 Å². The maximum atomic E-state index is 12.4. The summed E-state index contributed by atoms with van der Waals surface area (Å²) in [5, 5.41) is 3.27. The molecule has 0 aromatic heterocycles. The number of carbonyl (C=O) groups excluding carboxylic acids is 1. The zero-order valence-corrected chi connectivity index (χ0v) is 19.1. The highest BCUT2D eigenvalue weighted by molar-refractivity contribution is 7.92.